The van der Waals surface area contributed by atoms with E-state index in [0.717, 1.165) is 24.1 Å². The van der Waals surface area contributed by atoms with Crippen LogP contribution in [0.3, 0.4) is 0 Å². The molecule has 1 heterocycles. The molecule has 1 aliphatic rings. The topological polar surface area (TPSA) is 84.9 Å². The van der Waals surface area contributed by atoms with Crippen molar-refractivity contribution in [1.82, 2.24) is 0 Å². The van der Waals surface area contributed by atoms with Crippen LogP contribution in [-0.2, 0) is 21.2 Å². The lowest BCUT2D eigenvalue weighted by Crippen LogP contribution is -2.34. The van der Waals surface area contributed by atoms with E-state index in [9.17, 15) is 13.2 Å². The molecule has 1 amide bonds. The molecule has 2 aromatic rings. The van der Waals surface area contributed by atoms with Gasteiger partial charge in [0.05, 0.1) is 14.2 Å². The van der Waals surface area contributed by atoms with E-state index in [-0.39, 0.29) is 16.6 Å². The molecular formula is C20H24N2O5S. The SMILES string of the molecule is CCC(=O)N1CCCc2cc(NS(=O)(=O)c3ccc(OC)cc3OC)ccc21. The molecule has 0 spiro atoms. The number of aryl methyl sites for hydroxylation is 1. The van der Waals surface area contributed by atoms with Crippen LogP contribution in [0.2, 0.25) is 0 Å². The van der Waals surface area contributed by atoms with Gasteiger partial charge in [-0.2, -0.15) is 0 Å². The smallest absolute Gasteiger partial charge is 0.265 e. The van der Waals surface area contributed by atoms with Crippen molar-refractivity contribution in [2.75, 3.05) is 30.4 Å². The average molecular weight is 404 g/mol. The van der Waals surface area contributed by atoms with E-state index in [0.29, 0.717) is 24.4 Å². The minimum Gasteiger partial charge on any atom is -0.497 e. The van der Waals surface area contributed by atoms with Crippen LogP contribution in [-0.4, -0.2) is 35.1 Å². The van der Waals surface area contributed by atoms with Gasteiger partial charge in [0.1, 0.15) is 16.4 Å². The molecule has 0 unspecified atom stereocenters. The van der Waals surface area contributed by atoms with Crippen LogP contribution in [0.5, 0.6) is 11.5 Å². The first-order chi connectivity index (χ1) is 13.4. The fourth-order valence-corrected chi connectivity index (χ4v) is 4.52. The van der Waals surface area contributed by atoms with Gasteiger partial charge in [-0.1, -0.05) is 6.92 Å². The summed E-state index contributed by atoms with van der Waals surface area (Å²) in [7, 11) is -0.944. The van der Waals surface area contributed by atoms with E-state index < -0.39 is 10.0 Å². The number of nitrogens with zero attached hydrogens (tertiary/aromatic N) is 1. The number of sulfonamides is 1. The number of hydrogen-bond donors (Lipinski definition) is 1. The van der Waals surface area contributed by atoms with Crippen molar-refractivity contribution in [3.8, 4) is 11.5 Å². The number of rotatable bonds is 6. The lowest BCUT2D eigenvalue weighted by Gasteiger charge is -2.29. The predicted octanol–water partition coefficient (Wildman–Crippen LogP) is 3.19. The third-order valence-corrected chi connectivity index (χ3v) is 6.13. The van der Waals surface area contributed by atoms with Crippen LogP contribution in [0.4, 0.5) is 11.4 Å². The van der Waals surface area contributed by atoms with Crippen LogP contribution in [0.15, 0.2) is 41.3 Å². The Balaban J connectivity index is 1.91. The van der Waals surface area contributed by atoms with Crippen molar-refractivity contribution in [3.63, 3.8) is 0 Å². The van der Waals surface area contributed by atoms with Gasteiger partial charge in [0.15, 0.2) is 0 Å². The van der Waals surface area contributed by atoms with E-state index in [1.165, 1.54) is 26.4 Å². The van der Waals surface area contributed by atoms with Gasteiger partial charge in [0.2, 0.25) is 5.91 Å². The second-order valence-corrected chi connectivity index (χ2v) is 8.12. The standard InChI is InChI=1S/C20H24N2O5S/c1-4-20(23)22-11-5-6-14-12-15(7-9-17(14)22)21-28(24,25)19-10-8-16(26-2)13-18(19)27-3/h7-10,12-13,21H,4-6,11H2,1-3H3. The number of amides is 1. The number of anilines is 2. The van der Waals surface area contributed by atoms with Gasteiger partial charge in [0.25, 0.3) is 10.0 Å². The summed E-state index contributed by atoms with van der Waals surface area (Å²) >= 11 is 0. The molecule has 1 N–H and O–H groups in total. The fourth-order valence-electron chi connectivity index (χ4n) is 3.32. The lowest BCUT2D eigenvalue weighted by atomic mass is 10.0. The molecule has 150 valence electrons. The first-order valence-corrected chi connectivity index (χ1v) is 10.6. The number of nitrogens with one attached hydrogen (secondary N) is 1. The van der Waals surface area contributed by atoms with E-state index in [1.54, 1.807) is 29.2 Å². The van der Waals surface area contributed by atoms with Gasteiger partial charge in [-0.05, 0) is 48.7 Å². The highest BCUT2D eigenvalue weighted by Gasteiger charge is 2.24. The van der Waals surface area contributed by atoms with E-state index in [2.05, 4.69) is 4.72 Å². The molecule has 0 aromatic heterocycles. The maximum atomic E-state index is 12.9. The van der Waals surface area contributed by atoms with Gasteiger partial charge in [-0.25, -0.2) is 8.42 Å². The maximum Gasteiger partial charge on any atom is 0.265 e. The molecule has 0 radical (unpaired) electrons. The Labute approximate surface area is 165 Å². The second kappa shape index (κ2) is 8.10. The highest BCUT2D eigenvalue weighted by atomic mass is 32.2. The van der Waals surface area contributed by atoms with Crippen molar-refractivity contribution >= 4 is 27.3 Å². The van der Waals surface area contributed by atoms with Crippen molar-refractivity contribution in [3.05, 3.63) is 42.0 Å². The Hall–Kier alpha value is -2.74. The summed E-state index contributed by atoms with van der Waals surface area (Å²) in [4.78, 5) is 13.9. The van der Waals surface area contributed by atoms with Crippen LogP contribution in [0.1, 0.15) is 25.3 Å². The monoisotopic (exact) mass is 404 g/mol. The number of benzene rings is 2. The molecule has 3 rings (SSSR count). The summed E-state index contributed by atoms with van der Waals surface area (Å²) in [5, 5.41) is 0. The summed E-state index contributed by atoms with van der Waals surface area (Å²) in [5.74, 6) is 0.770. The van der Waals surface area contributed by atoms with Crippen LogP contribution in [0, 0.1) is 0 Å². The first kappa shape index (κ1) is 20.0. The van der Waals surface area contributed by atoms with E-state index in [4.69, 9.17) is 9.47 Å². The largest absolute Gasteiger partial charge is 0.497 e. The lowest BCUT2D eigenvalue weighted by molar-refractivity contribution is -0.118. The van der Waals surface area contributed by atoms with Gasteiger partial charge >= 0.3 is 0 Å². The van der Waals surface area contributed by atoms with Crippen molar-refractivity contribution in [2.45, 2.75) is 31.1 Å². The number of ether oxygens (including phenoxy) is 2. The summed E-state index contributed by atoms with van der Waals surface area (Å²) in [6.45, 7) is 2.52. The summed E-state index contributed by atoms with van der Waals surface area (Å²) < 4.78 is 38.7. The number of carbonyl (C=O) groups excluding carboxylic acids is 1. The van der Waals surface area contributed by atoms with Crippen molar-refractivity contribution in [2.24, 2.45) is 0 Å². The molecule has 0 saturated heterocycles. The summed E-state index contributed by atoms with van der Waals surface area (Å²) in [6, 6.07) is 9.80. The Bertz CT molecular complexity index is 988. The Morgan fingerprint density at radius 3 is 2.61 bits per heavy atom. The van der Waals surface area contributed by atoms with Gasteiger partial charge in [-0.15, -0.1) is 0 Å². The van der Waals surface area contributed by atoms with Gasteiger partial charge < -0.3 is 14.4 Å². The van der Waals surface area contributed by atoms with Crippen LogP contribution >= 0.6 is 0 Å². The zero-order valence-corrected chi connectivity index (χ0v) is 17.0. The molecule has 0 aliphatic carbocycles. The van der Waals surface area contributed by atoms with Crippen LogP contribution in [0.25, 0.3) is 0 Å². The third kappa shape index (κ3) is 3.91. The molecule has 0 bridgehead atoms. The molecule has 8 heteroatoms. The molecular weight excluding hydrogens is 380 g/mol. The highest BCUT2D eigenvalue weighted by molar-refractivity contribution is 7.92. The molecule has 28 heavy (non-hydrogen) atoms. The van der Waals surface area contributed by atoms with E-state index >= 15 is 0 Å². The molecule has 7 nitrogen and oxygen atoms in total. The Morgan fingerprint density at radius 2 is 1.93 bits per heavy atom. The Kier molecular flexibility index (Phi) is 5.79. The van der Waals surface area contributed by atoms with E-state index in [1.807, 2.05) is 6.92 Å². The van der Waals surface area contributed by atoms with Crippen LogP contribution < -0.4 is 19.1 Å². The first-order valence-electron chi connectivity index (χ1n) is 9.07. The zero-order chi connectivity index (χ0) is 20.3. The van der Waals surface area contributed by atoms with Crippen molar-refractivity contribution in [1.29, 1.82) is 0 Å². The highest BCUT2D eigenvalue weighted by Crippen LogP contribution is 2.33. The van der Waals surface area contributed by atoms with Gasteiger partial charge in [0, 0.05) is 30.4 Å². The molecule has 0 saturated carbocycles. The minimum absolute atomic E-state index is 0.0244. The summed E-state index contributed by atoms with van der Waals surface area (Å²) in [6.07, 6.45) is 2.08. The molecule has 0 atom stereocenters. The number of carbonyl (C=O) groups is 1. The predicted molar refractivity (Wildman–Crippen MR) is 108 cm³/mol. The molecule has 2 aromatic carbocycles. The molecule has 0 fully saturated rings. The normalized spacial score (nSPS) is 13.6. The minimum atomic E-state index is -3.85. The third-order valence-electron chi connectivity index (χ3n) is 4.71. The second-order valence-electron chi connectivity index (χ2n) is 6.47. The number of fused-ring (bicyclic) bond motifs is 1. The Morgan fingerprint density at radius 1 is 1.14 bits per heavy atom. The number of methoxy groups -OCH3 is 2. The average Bonchev–Trinajstić information content (AvgIpc) is 2.71. The zero-order valence-electron chi connectivity index (χ0n) is 16.2. The number of hydrogen-bond acceptors (Lipinski definition) is 5. The summed E-state index contributed by atoms with van der Waals surface area (Å²) in [5.41, 5.74) is 2.25. The van der Waals surface area contributed by atoms with Crippen molar-refractivity contribution < 1.29 is 22.7 Å². The quantitative estimate of drug-likeness (QED) is 0.799. The molecule has 1 aliphatic heterocycles. The maximum absolute atomic E-state index is 12.9. The van der Waals surface area contributed by atoms with Gasteiger partial charge in [-0.3, -0.25) is 9.52 Å². The fraction of sp³-hybridized carbons (Fsp3) is 0.350.